The molecule has 2 aromatic rings. The lowest BCUT2D eigenvalue weighted by Gasteiger charge is -2.18. The van der Waals surface area contributed by atoms with Gasteiger partial charge in [-0.2, -0.15) is 0 Å². The summed E-state index contributed by atoms with van der Waals surface area (Å²) in [4.78, 5) is 0. The Morgan fingerprint density at radius 2 is 1.67 bits per heavy atom. The van der Waals surface area contributed by atoms with Crippen molar-refractivity contribution in [1.82, 2.24) is 5.43 Å². The van der Waals surface area contributed by atoms with E-state index in [4.69, 9.17) is 10.6 Å². The lowest BCUT2D eigenvalue weighted by Crippen LogP contribution is -2.28. The van der Waals surface area contributed by atoms with Crippen molar-refractivity contribution in [1.29, 1.82) is 0 Å². The molecule has 0 amide bonds. The molecule has 0 aliphatic rings. The van der Waals surface area contributed by atoms with Gasteiger partial charge in [-0.1, -0.05) is 50.9 Å². The Kier molecular flexibility index (Phi) is 6.23. The number of nitrogens with two attached hydrogens (primary N) is 1. The lowest BCUT2D eigenvalue weighted by atomic mass is 9.99. The van der Waals surface area contributed by atoms with Crippen molar-refractivity contribution in [3.63, 3.8) is 0 Å². The number of rotatable bonds is 6. The van der Waals surface area contributed by atoms with Crippen molar-refractivity contribution in [2.24, 2.45) is 5.84 Å². The van der Waals surface area contributed by atoms with E-state index in [1.54, 1.807) is 0 Å². The van der Waals surface area contributed by atoms with E-state index in [-0.39, 0.29) is 6.04 Å². The molecule has 1 atom stereocenters. The van der Waals surface area contributed by atoms with Crippen LogP contribution in [0.4, 0.5) is 0 Å². The molecule has 0 aliphatic carbocycles. The number of halogens is 2. The number of hydrogen-bond donors (Lipinski definition) is 2. The second-order valence-electron chi connectivity index (χ2n) is 4.72. The van der Waals surface area contributed by atoms with Crippen LogP contribution in [-0.4, -0.2) is 6.61 Å². The molecule has 3 nitrogen and oxygen atoms in total. The molecule has 0 heterocycles. The molecule has 0 aliphatic heterocycles. The Labute approximate surface area is 142 Å². The Morgan fingerprint density at radius 3 is 2.19 bits per heavy atom. The number of hydrogen-bond acceptors (Lipinski definition) is 3. The second-order valence-corrected chi connectivity index (χ2v) is 6.55. The standard InChI is InChI=1S/C16H18Br2N2O/c1-2-7-21-15-5-3-11(4-6-15)16(20-19)12-8-13(17)10-14(18)9-12/h3-6,8-10,16,20H,2,7,19H2,1H3. The Hall–Kier alpha value is -0.880. The van der Waals surface area contributed by atoms with E-state index in [9.17, 15) is 0 Å². The zero-order valence-corrected chi connectivity index (χ0v) is 14.9. The highest BCUT2D eigenvalue weighted by molar-refractivity contribution is 9.11. The monoisotopic (exact) mass is 412 g/mol. The molecule has 2 rings (SSSR count). The van der Waals surface area contributed by atoms with Gasteiger partial charge in [0.1, 0.15) is 5.75 Å². The molecule has 0 radical (unpaired) electrons. The first-order chi connectivity index (χ1) is 10.1. The van der Waals surface area contributed by atoms with Crippen LogP contribution >= 0.6 is 31.9 Å². The topological polar surface area (TPSA) is 47.3 Å². The Balaban J connectivity index is 2.24. The predicted octanol–water partition coefficient (Wildman–Crippen LogP) is 4.55. The molecule has 5 heteroatoms. The summed E-state index contributed by atoms with van der Waals surface area (Å²) in [5.74, 6) is 6.62. The first-order valence-electron chi connectivity index (χ1n) is 6.79. The van der Waals surface area contributed by atoms with Crippen molar-refractivity contribution in [3.05, 3.63) is 62.5 Å². The first kappa shape index (κ1) is 16.5. The van der Waals surface area contributed by atoms with Gasteiger partial charge in [-0.25, -0.2) is 5.43 Å². The van der Waals surface area contributed by atoms with Gasteiger partial charge in [0.25, 0.3) is 0 Å². The summed E-state index contributed by atoms with van der Waals surface area (Å²) in [7, 11) is 0. The summed E-state index contributed by atoms with van der Waals surface area (Å²) in [5, 5.41) is 0. The molecule has 0 aromatic heterocycles. The van der Waals surface area contributed by atoms with Gasteiger partial charge >= 0.3 is 0 Å². The number of benzene rings is 2. The summed E-state index contributed by atoms with van der Waals surface area (Å²) in [6.07, 6.45) is 1.00. The second kappa shape index (κ2) is 7.94. The van der Waals surface area contributed by atoms with Crippen molar-refractivity contribution < 1.29 is 4.74 Å². The Bertz CT molecular complexity index is 567. The highest BCUT2D eigenvalue weighted by Crippen LogP contribution is 2.28. The fourth-order valence-electron chi connectivity index (χ4n) is 2.10. The summed E-state index contributed by atoms with van der Waals surface area (Å²) < 4.78 is 7.62. The zero-order chi connectivity index (χ0) is 15.2. The van der Waals surface area contributed by atoms with E-state index in [1.165, 1.54) is 0 Å². The van der Waals surface area contributed by atoms with Crippen molar-refractivity contribution in [2.75, 3.05) is 6.61 Å². The molecule has 21 heavy (non-hydrogen) atoms. The van der Waals surface area contributed by atoms with Gasteiger partial charge in [-0.3, -0.25) is 5.84 Å². The molecular weight excluding hydrogens is 396 g/mol. The molecule has 0 bridgehead atoms. The van der Waals surface area contributed by atoms with E-state index < -0.39 is 0 Å². The van der Waals surface area contributed by atoms with Crippen LogP contribution < -0.4 is 16.0 Å². The molecule has 0 saturated carbocycles. The van der Waals surface area contributed by atoms with E-state index in [0.29, 0.717) is 0 Å². The minimum absolute atomic E-state index is 0.0703. The lowest BCUT2D eigenvalue weighted by molar-refractivity contribution is 0.317. The molecular formula is C16H18Br2N2O. The van der Waals surface area contributed by atoms with Gasteiger partial charge < -0.3 is 4.74 Å². The SMILES string of the molecule is CCCOc1ccc(C(NN)c2cc(Br)cc(Br)c2)cc1. The molecule has 0 fully saturated rings. The fraction of sp³-hybridized carbons (Fsp3) is 0.250. The van der Waals surface area contributed by atoms with Crippen LogP contribution in [0.15, 0.2) is 51.4 Å². The number of nitrogens with one attached hydrogen (secondary N) is 1. The van der Waals surface area contributed by atoms with Crippen LogP contribution in [0.25, 0.3) is 0 Å². The zero-order valence-electron chi connectivity index (χ0n) is 11.8. The molecule has 2 aromatic carbocycles. The predicted molar refractivity (Wildman–Crippen MR) is 93.2 cm³/mol. The maximum absolute atomic E-state index is 5.74. The summed E-state index contributed by atoms with van der Waals surface area (Å²) in [6, 6.07) is 14.0. The highest BCUT2D eigenvalue weighted by Gasteiger charge is 2.13. The molecule has 0 saturated heterocycles. The minimum Gasteiger partial charge on any atom is -0.494 e. The van der Waals surface area contributed by atoms with Crippen LogP contribution in [0.3, 0.4) is 0 Å². The van der Waals surface area contributed by atoms with Crippen molar-refractivity contribution >= 4 is 31.9 Å². The molecule has 112 valence electrons. The summed E-state index contributed by atoms with van der Waals surface area (Å²) in [5.41, 5.74) is 5.04. The van der Waals surface area contributed by atoms with Crippen LogP contribution in [0.2, 0.25) is 0 Å². The quantitative estimate of drug-likeness (QED) is 0.539. The van der Waals surface area contributed by atoms with Gasteiger partial charge in [0.05, 0.1) is 12.6 Å². The average Bonchev–Trinajstić information content (AvgIpc) is 2.46. The summed E-state index contributed by atoms with van der Waals surface area (Å²) >= 11 is 7.01. The van der Waals surface area contributed by atoms with E-state index in [1.807, 2.05) is 30.3 Å². The fourth-order valence-corrected chi connectivity index (χ4v) is 3.43. The first-order valence-corrected chi connectivity index (χ1v) is 8.37. The summed E-state index contributed by atoms with van der Waals surface area (Å²) in [6.45, 7) is 2.82. The average molecular weight is 414 g/mol. The van der Waals surface area contributed by atoms with Gasteiger partial charge in [-0.15, -0.1) is 0 Å². The third-order valence-electron chi connectivity index (χ3n) is 3.07. The maximum Gasteiger partial charge on any atom is 0.119 e. The largest absolute Gasteiger partial charge is 0.494 e. The smallest absolute Gasteiger partial charge is 0.119 e. The third kappa shape index (κ3) is 4.54. The maximum atomic E-state index is 5.74. The van der Waals surface area contributed by atoms with Gasteiger partial charge in [-0.05, 0) is 47.9 Å². The van der Waals surface area contributed by atoms with Crippen LogP contribution in [0.5, 0.6) is 5.75 Å². The van der Waals surface area contributed by atoms with Crippen LogP contribution in [0, 0.1) is 0 Å². The molecule has 0 spiro atoms. The van der Waals surface area contributed by atoms with Crippen molar-refractivity contribution in [2.45, 2.75) is 19.4 Å². The molecule has 3 N–H and O–H groups in total. The highest BCUT2D eigenvalue weighted by atomic mass is 79.9. The number of ether oxygens (including phenoxy) is 1. The van der Waals surface area contributed by atoms with E-state index >= 15 is 0 Å². The van der Waals surface area contributed by atoms with E-state index in [0.717, 1.165) is 38.8 Å². The van der Waals surface area contributed by atoms with E-state index in [2.05, 4.69) is 56.3 Å². The normalized spacial score (nSPS) is 12.2. The van der Waals surface area contributed by atoms with Crippen LogP contribution in [-0.2, 0) is 0 Å². The van der Waals surface area contributed by atoms with Gasteiger partial charge in [0, 0.05) is 8.95 Å². The Morgan fingerprint density at radius 1 is 1.05 bits per heavy atom. The van der Waals surface area contributed by atoms with Gasteiger partial charge in [0.15, 0.2) is 0 Å². The minimum atomic E-state index is -0.0703. The number of hydrazine groups is 1. The third-order valence-corrected chi connectivity index (χ3v) is 3.99. The van der Waals surface area contributed by atoms with Gasteiger partial charge in [0.2, 0.25) is 0 Å². The van der Waals surface area contributed by atoms with Crippen LogP contribution in [0.1, 0.15) is 30.5 Å². The van der Waals surface area contributed by atoms with Crippen molar-refractivity contribution in [3.8, 4) is 5.75 Å². The molecule has 1 unspecified atom stereocenters.